The summed E-state index contributed by atoms with van der Waals surface area (Å²) < 4.78 is 11.0. The number of anilines is 1. The van der Waals surface area contributed by atoms with E-state index in [1.165, 1.54) is 17.3 Å². The van der Waals surface area contributed by atoms with Gasteiger partial charge in [-0.25, -0.2) is 0 Å². The average Bonchev–Trinajstić information content (AvgIpc) is 3.42. The molecule has 4 aromatic carbocycles. The number of primary amides is 1. The fraction of sp³-hybridized carbons (Fsp3) is 0.256. The number of nitrogens with one attached hydrogen (secondary N) is 1. The number of benzene rings is 4. The molecule has 0 aliphatic carbocycles. The number of hydrogen-bond acceptors (Lipinski definition) is 6. The van der Waals surface area contributed by atoms with Gasteiger partial charge in [-0.2, -0.15) is 0 Å². The molecular formula is C39H39N3O5S. The van der Waals surface area contributed by atoms with Crippen molar-refractivity contribution in [1.82, 2.24) is 5.32 Å². The van der Waals surface area contributed by atoms with Gasteiger partial charge in [0.2, 0.25) is 17.7 Å². The lowest BCUT2D eigenvalue weighted by Crippen LogP contribution is -2.34. The van der Waals surface area contributed by atoms with Crippen molar-refractivity contribution < 1.29 is 23.9 Å². The highest BCUT2D eigenvalue weighted by atomic mass is 32.2. The molecule has 3 N–H and O–H groups in total. The molecular weight excluding hydrogens is 623 g/mol. The number of carbonyl (C=O) groups excluding carboxylic acids is 3. The summed E-state index contributed by atoms with van der Waals surface area (Å²) in [5, 5.41) is 1.94. The van der Waals surface area contributed by atoms with Crippen LogP contribution in [0, 0.1) is 11.8 Å². The molecule has 8 nitrogen and oxygen atoms in total. The van der Waals surface area contributed by atoms with Crippen LogP contribution in [0.3, 0.4) is 0 Å². The molecule has 3 amide bonds. The predicted molar refractivity (Wildman–Crippen MR) is 190 cm³/mol. The van der Waals surface area contributed by atoms with Crippen LogP contribution in [-0.2, 0) is 22.4 Å². The zero-order valence-corrected chi connectivity index (χ0v) is 27.9. The number of amides is 3. The first-order valence-corrected chi connectivity index (χ1v) is 16.9. The minimum atomic E-state index is -0.616. The Hall–Kier alpha value is -5.20. The van der Waals surface area contributed by atoms with Crippen molar-refractivity contribution in [1.29, 1.82) is 0 Å². The van der Waals surface area contributed by atoms with E-state index >= 15 is 0 Å². The number of rotatable bonds is 13. The Morgan fingerprint density at radius 3 is 2.44 bits per heavy atom. The van der Waals surface area contributed by atoms with Crippen LogP contribution in [-0.4, -0.2) is 43.2 Å². The van der Waals surface area contributed by atoms with Crippen molar-refractivity contribution in [2.45, 2.75) is 43.2 Å². The predicted octanol–water partition coefficient (Wildman–Crippen LogP) is 6.07. The van der Waals surface area contributed by atoms with Gasteiger partial charge in [-0.15, -0.1) is 11.8 Å². The summed E-state index contributed by atoms with van der Waals surface area (Å²) in [6, 6.07) is 30.5. The molecule has 48 heavy (non-hydrogen) atoms. The summed E-state index contributed by atoms with van der Waals surface area (Å²) in [5.41, 5.74) is 10.4. The van der Waals surface area contributed by atoms with Crippen LogP contribution in [0.4, 0.5) is 5.69 Å². The summed E-state index contributed by atoms with van der Waals surface area (Å²) in [7, 11) is 1.60. The minimum Gasteiger partial charge on any atom is -0.493 e. The third kappa shape index (κ3) is 8.78. The lowest BCUT2D eigenvalue weighted by molar-refractivity contribution is -0.124. The molecule has 0 radical (unpaired) electrons. The molecule has 0 spiro atoms. The first-order valence-electron chi connectivity index (χ1n) is 15.9. The summed E-state index contributed by atoms with van der Waals surface area (Å²) in [6.45, 7) is 2.83. The fourth-order valence-corrected chi connectivity index (χ4v) is 6.91. The van der Waals surface area contributed by atoms with E-state index in [-0.39, 0.29) is 18.2 Å². The van der Waals surface area contributed by atoms with E-state index in [4.69, 9.17) is 15.2 Å². The van der Waals surface area contributed by atoms with Gasteiger partial charge in [-0.1, -0.05) is 66.4 Å². The van der Waals surface area contributed by atoms with Crippen molar-refractivity contribution >= 4 is 35.2 Å². The molecule has 5 rings (SSSR count). The summed E-state index contributed by atoms with van der Waals surface area (Å²) in [4.78, 5) is 40.6. The third-order valence-electron chi connectivity index (χ3n) is 7.89. The SMILES string of the molecule is CCOc1cc(CCNC(=O)CC2SC(c3ccc(C#CCCc4ccccc4)cc3)N(c3cccc(C(N)=O)c3)C2=O)ccc1OC. The van der Waals surface area contributed by atoms with Gasteiger partial charge in [0, 0.05) is 36.2 Å². The molecule has 9 heteroatoms. The van der Waals surface area contributed by atoms with Crippen LogP contribution in [0.1, 0.15) is 57.8 Å². The Bertz CT molecular complexity index is 1800. The van der Waals surface area contributed by atoms with Crippen LogP contribution < -0.4 is 25.4 Å². The van der Waals surface area contributed by atoms with Crippen LogP contribution in [0.25, 0.3) is 0 Å². The van der Waals surface area contributed by atoms with Gasteiger partial charge in [0.1, 0.15) is 5.37 Å². The van der Waals surface area contributed by atoms with E-state index in [0.29, 0.717) is 42.3 Å². The molecule has 1 aliphatic heterocycles. The maximum absolute atomic E-state index is 13.9. The molecule has 4 aromatic rings. The van der Waals surface area contributed by atoms with E-state index in [1.807, 2.05) is 67.6 Å². The molecule has 0 aromatic heterocycles. The smallest absolute Gasteiger partial charge is 0.248 e. The Morgan fingerprint density at radius 1 is 0.917 bits per heavy atom. The normalized spacial score (nSPS) is 15.4. The van der Waals surface area contributed by atoms with E-state index in [2.05, 4.69) is 29.3 Å². The number of carbonyl (C=O) groups is 3. The molecule has 1 heterocycles. The summed E-state index contributed by atoms with van der Waals surface area (Å²) in [5.74, 6) is 6.79. The Labute approximate surface area is 286 Å². The van der Waals surface area contributed by atoms with E-state index in [0.717, 1.165) is 29.5 Å². The molecule has 246 valence electrons. The zero-order chi connectivity index (χ0) is 33.9. The largest absolute Gasteiger partial charge is 0.493 e. The highest BCUT2D eigenvalue weighted by Gasteiger charge is 2.42. The lowest BCUT2D eigenvalue weighted by Gasteiger charge is -2.24. The van der Waals surface area contributed by atoms with Gasteiger partial charge >= 0.3 is 0 Å². The van der Waals surface area contributed by atoms with E-state index < -0.39 is 16.5 Å². The van der Waals surface area contributed by atoms with Crippen molar-refractivity contribution in [2.75, 3.05) is 25.2 Å². The van der Waals surface area contributed by atoms with Gasteiger partial charge in [-0.3, -0.25) is 19.3 Å². The number of thioether (sulfide) groups is 1. The number of hydrogen-bond donors (Lipinski definition) is 2. The first kappa shape index (κ1) is 34.1. The molecule has 0 bridgehead atoms. The zero-order valence-electron chi connectivity index (χ0n) is 27.1. The Balaban J connectivity index is 1.26. The Morgan fingerprint density at radius 2 is 1.71 bits per heavy atom. The second-order valence-corrected chi connectivity index (χ2v) is 12.5. The van der Waals surface area contributed by atoms with Gasteiger partial charge in [0.15, 0.2) is 11.5 Å². The quantitative estimate of drug-likeness (QED) is 0.168. The van der Waals surface area contributed by atoms with Crippen molar-refractivity contribution in [3.05, 3.63) is 125 Å². The maximum atomic E-state index is 13.9. The molecule has 0 saturated carbocycles. The molecule has 2 unspecified atom stereocenters. The van der Waals surface area contributed by atoms with Crippen molar-refractivity contribution in [3.8, 4) is 23.3 Å². The number of ether oxygens (including phenoxy) is 2. The van der Waals surface area contributed by atoms with Gasteiger partial charge < -0.3 is 20.5 Å². The monoisotopic (exact) mass is 661 g/mol. The van der Waals surface area contributed by atoms with Gasteiger partial charge in [-0.05, 0) is 78.9 Å². The molecule has 1 aliphatic rings. The first-order chi connectivity index (χ1) is 23.4. The fourth-order valence-electron chi connectivity index (χ4n) is 5.46. The number of methoxy groups -OCH3 is 1. The van der Waals surface area contributed by atoms with Crippen molar-refractivity contribution in [2.24, 2.45) is 5.73 Å². The highest BCUT2D eigenvalue weighted by molar-refractivity contribution is 8.01. The average molecular weight is 662 g/mol. The Kier molecular flexibility index (Phi) is 11.8. The van der Waals surface area contributed by atoms with E-state index in [1.54, 1.807) is 36.3 Å². The molecule has 1 fully saturated rings. The molecule has 1 saturated heterocycles. The van der Waals surface area contributed by atoms with Crippen LogP contribution in [0.5, 0.6) is 11.5 Å². The van der Waals surface area contributed by atoms with E-state index in [9.17, 15) is 14.4 Å². The highest BCUT2D eigenvalue weighted by Crippen LogP contribution is 2.46. The minimum absolute atomic E-state index is 0.0177. The van der Waals surface area contributed by atoms with Crippen molar-refractivity contribution in [3.63, 3.8) is 0 Å². The standard InChI is InChI=1S/C39H39N3O5S/c1-3-47-34-24-29(18-21-33(34)46-2)22-23-41-36(43)26-35-38(45)42(32-15-9-14-31(25-32)37(40)44)39(48-35)30-19-16-28(17-20-30)13-8-7-12-27-10-5-4-6-11-27/h4-6,9-11,14-21,24-25,35,39H,3,7,12,22-23,26H2,1-2H3,(H2,40,44)(H,41,43). The van der Waals surface area contributed by atoms with Crippen LogP contribution in [0.15, 0.2) is 97.1 Å². The number of nitrogens with zero attached hydrogens (tertiary/aromatic N) is 1. The lowest BCUT2D eigenvalue weighted by atomic mass is 10.1. The van der Waals surface area contributed by atoms with Gasteiger partial charge in [0.25, 0.3) is 0 Å². The summed E-state index contributed by atoms with van der Waals surface area (Å²) >= 11 is 1.42. The third-order valence-corrected chi connectivity index (χ3v) is 9.33. The second kappa shape index (κ2) is 16.6. The van der Waals surface area contributed by atoms with Crippen LogP contribution in [0.2, 0.25) is 0 Å². The second-order valence-electron chi connectivity index (χ2n) is 11.2. The number of nitrogens with two attached hydrogens (primary N) is 1. The topological polar surface area (TPSA) is 111 Å². The maximum Gasteiger partial charge on any atom is 0.248 e. The van der Waals surface area contributed by atoms with Gasteiger partial charge in [0.05, 0.1) is 19.0 Å². The number of aryl methyl sites for hydroxylation is 1. The van der Waals surface area contributed by atoms with Crippen LogP contribution >= 0.6 is 11.8 Å². The summed E-state index contributed by atoms with van der Waals surface area (Å²) in [6.07, 6.45) is 2.25. The molecule has 2 atom stereocenters.